The quantitative estimate of drug-likeness (QED) is 0.438. The number of carbonyl (C=O) groups excluding carboxylic acids is 1. The predicted octanol–water partition coefficient (Wildman–Crippen LogP) is 6.03. The van der Waals surface area contributed by atoms with Crippen LogP contribution >= 0.6 is 0 Å². The van der Waals surface area contributed by atoms with Gasteiger partial charge in [0.15, 0.2) is 0 Å². The number of ether oxygens (including phenoxy) is 2. The first kappa shape index (κ1) is 25.0. The first-order valence-corrected chi connectivity index (χ1v) is 12.1. The lowest BCUT2D eigenvalue weighted by Crippen LogP contribution is -2.43. The van der Waals surface area contributed by atoms with Crippen LogP contribution in [-0.4, -0.2) is 44.7 Å². The summed E-state index contributed by atoms with van der Waals surface area (Å²) in [6.45, 7) is 9.52. The van der Waals surface area contributed by atoms with Crippen molar-refractivity contribution in [3.63, 3.8) is 0 Å². The second kappa shape index (κ2) is 11.5. The van der Waals surface area contributed by atoms with Crippen molar-refractivity contribution in [2.45, 2.75) is 51.9 Å². The Kier molecular flexibility index (Phi) is 8.74. The highest BCUT2D eigenvalue weighted by atomic mass is 16.5. The van der Waals surface area contributed by atoms with Gasteiger partial charge in [0, 0.05) is 13.1 Å². The third kappa shape index (κ3) is 6.05. The molecule has 0 N–H and O–H groups in total. The molecule has 1 aliphatic heterocycles. The number of hydrogen-bond donors (Lipinski definition) is 0. The fraction of sp³-hybridized carbons (Fsp3) is 0.483. The van der Waals surface area contributed by atoms with Gasteiger partial charge < -0.3 is 14.4 Å². The average molecular weight is 450 g/mol. The van der Waals surface area contributed by atoms with Gasteiger partial charge in [0.2, 0.25) is 0 Å². The van der Waals surface area contributed by atoms with Gasteiger partial charge in [-0.05, 0) is 68.3 Å². The smallest absolute Gasteiger partial charge is 0.316 e. The van der Waals surface area contributed by atoms with Gasteiger partial charge in [-0.15, -0.1) is 0 Å². The molecule has 0 aromatic heterocycles. The van der Waals surface area contributed by atoms with E-state index in [-0.39, 0.29) is 11.9 Å². The summed E-state index contributed by atoms with van der Waals surface area (Å²) >= 11 is 0. The minimum absolute atomic E-state index is 0.128. The van der Waals surface area contributed by atoms with Crippen molar-refractivity contribution in [3.05, 3.63) is 70.8 Å². The fourth-order valence-electron chi connectivity index (χ4n) is 5.08. The highest BCUT2D eigenvalue weighted by molar-refractivity contribution is 5.83. The third-order valence-corrected chi connectivity index (χ3v) is 7.10. The molecule has 1 aliphatic rings. The van der Waals surface area contributed by atoms with Crippen molar-refractivity contribution >= 4 is 12.0 Å². The summed E-state index contributed by atoms with van der Waals surface area (Å²) in [6, 6.07) is 16.6. The molecule has 1 unspecified atom stereocenters. The Morgan fingerprint density at radius 1 is 1.09 bits per heavy atom. The largest absolute Gasteiger partial charge is 0.497 e. The summed E-state index contributed by atoms with van der Waals surface area (Å²) in [4.78, 5) is 15.6. The second-order valence-electron chi connectivity index (χ2n) is 9.51. The first-order chi connectivity index (χ1) is 15.9. The van der Waals surface area contributed by atoms with Crippen LogP contribution in [0.25, 0.3) is 6.08 Å². The molecule has 0 amide bonds. The van der Waals surface area contributed by atoms with E-state index in [2.05, 4.69) is 56.0 Å². The van der Waals surface area contributed by atoms with Crippen LogP contribution in [0, 0.1) is 12.8 Å². The van der Waals surface area contributed by atoms with Crippen LogP contribution in [0.2, 0.25) is 0 Å². The molecule has 0 aliphatic carbocycles. The van der Waals surface area contributed by atoms with Gasteiger partial charge >= 0.3 is 5.97 Å². The summed E-state index contributed by atoms with van der Waals surface area (Å²) in [6.07, 6.45) is 6.30. The Bertz CT molecular complexity index is 938. The van der Waals surface area contributed by atoms with Gasteiger partial charge in [-0.2, -0.15) is 0 Å². The number of hydrogen-bond acceptors (Lipinski definition) is 4. The molecule has 0 radical (unpaired) electrons. The Balaban J connectivity index is 1.63. The Morgan fingerprint density at radius 3 is 2.36 bits per heavy atom. The molecule has 4 heteroatoms. The third-order valence-electron chi connectivity index (χ3n) is 7.10. The summed E-state index contributed by atoms with van der Waals surface area (Å²) in [7, 11) is 3.15. The van der Waals surface area contributed by atoms with Crippen LogP contribution in [0.15, 0.2) is 54.1 Å². The van der Waals surface area contributed by atoms with E-state index >= 15 is 0 Å². The van der Waals surface area contributed by atoms with Crippen molar-refractivity contribution in [3.8, 4) is 5.75 Å². The molecule has 4 nitrogen and oxygen atoms in total. The zero-order valence-electron chi connectivity index (χ0n) is 20.9. The lowest BCUT2D eigenvalue weighted by molar-refractivity contribution is -0.150. The lowest BCUT2D eigenvalue weighted by Gasteiger charge is -2.36. The van der Waals surface area contributed by atoms with E-state index in [4.69, 9.17) is 9.47 Å². The summed E-state index contributed by atoms with van der Waals surface area (Å²) < 4.78 is 10.6. The number of aryl methyl sites for hydroxylation is 1. The number of benzene rings is 2. The van der Waals surface area contributed by atoms with E-state index in [9.17, 15) is 4.79 Å². The molecule has 1 heterocycles. The van der Waals surface area contributed by atoms with Crippen LogP contribution in [0.4, 0.5) is 0 Å². The van der Waals surface area contributed by atoms with Gasteiger partial charge in [0.1, 0.15) is 5.75 Å². The maximum atomic E-state index is 13.1. The topological polar surface area (TPSA) is 38.8 Å². The zero-order valence-corrected chi connectivity index (χ0v) is 20.9. The molecule has 0 spiro atoms. The van der Waals surface area contributed by atoms with Crippen LogP contribution in [-0.2, 0) is 14.9 Å². The van der Waals surface area contributed by atoms with Crippen LogP contribution < -0.4 is 4.74 Å². The highest BCUT2D eigenvalue weighted by Crippen LogP contribution is 2.39. The van der Waals surface area contributed by atoms with E-state index < -0.39 is 5.41 Å². The Morgan fingerprint density at radius 2 is 1.79 bits per heavy atom. The number of likely N-dealkylation sites (tertiary alicyclic amines) is 1. The van der Waals surface area contributed by atoms with Gasteiger partial charge in [0.05, 0.1) is 19.6 Å². The Hall–Kier alpha value is -2.59. The molecule has 0 saturated carbocycles. The van der Waals surface area contributed by atoms with Crippen LogP contribution in [0.5, 0.6) is 5.75 Å². The second-order valence-corrected chi connectivity index (χ2v) is 9.51. The molecular formula is C29H39NO3. The van der Waals surface area contributed by atoms with Gasteiger partial charge in [-0.3, -0.25) is 4.79 Å². The van der Waals surface area contributed by atoms with Crippen LogP contribution in [0.3, 0.4) is 0 Å². The Labute approximate surface area is 199 Å². The number of piperidine rings is 1. The molecule has 3 rings (SSSR count). The summed E-state index contributed by atoms with van der Waals surface area (Å²) in [5.74, 6) is 0.775. The van der Waals surface area contributed by atoms with Crippen molar-refractivity contribution in [1.82, 2.24) is 4.90 Å². The molecule has 178 valence electrons. The SMILES string of the molecule is COC(=O)C(CCCN1CCC(=Cc2cccc(C)c2)CC1)(c1ccc(OC)cc1)C(C)C. The van der Waals surface area contributed by atoms with Crippen molar-refractivity contribution in [1.29, 1.82) is 0 Å². The minimum Gasteiger partial charge on any atom is -0.497 e. The van der Waals surface area contributed by atoms with E-state index in [1.165, 1.54) is 23.8 Å². The predicted molar refractivity (Wildman–Crippen MR) is 136 cm³/mol. The van der Waals surface area contributed by atoms with E-state index in [0.717, 1.165) is 56.6 Å². The normalized spacial score (nSPS) is 16.4. The molecule has 0 bridgehead atoms. The number of esters is 1. The van der Waals surface area contributed by atoms with Gasteiger partial charge in [0.25, 0.3) is 0 Å². The molecule has 1 saturated heterocycles. The summed E-state index contributed by atoms with van der Waals surface area (Å²) in [5, 5.41) is 0. The number of nitrogens with zero attached hydrogens (tertiary/aromatic N) is 1. The van der Waals surface area contributed by atoms with E-state index in [1.807, 2.05) is 24.3 Å². The van der Waals surface area contributed by atoms with Gasteiger partial charge in [-0.25, -0.2) is 0 Å². The maximum Gasteiger partial charge on any atom is 0.316 e. The van der Waals surface area contributed by atoms with E-state index in [1.54, 1.807) is 7.11 Å². The maximum absolute atomic E-state index is 13.1. The van der Waals surface area contributed by atoms with E-state index in [0.29, 0.717) is 0 Å². The standard InChI is InChI=1S/C29H39NO3/c1-22(2)29(28(31)33-5,26-10-12-27(32-4)13-11-26)16-7-17-30-18-14-24(15-19-30)21-25-9-6-8-23(3)20-25/h6,8-13,20-22H,7,14-19H2,1-5H3. The van der Waals surface area contributed by atoms with Crippen molar-refractivity contribution in [2.24, 2.45) is 5.92 Å². The monoisotopic (exact) mass is 449 g/mol. The van der Waals surface area contributed by atoms with Crippen LogP contribution in [0.1, 0.15) is 56.2 Å². The molecular weight excluding hydrogens is 410 g/mol. The summed E-state index contributed by atoms with van der Waals surface area (Å²) in [5.41, 5.74) is 4.50. The number of rotatable bonds is 9. The molecule has 1 fully saturated rings. The molecule has 33 heavy (non-hydrogen) atoms. The first-order valence-electron chi connectivity index (χ1n) is 12.1. The molecule has 2 aromatic carbocycles. The average Bonchev–Trinajstić information content (AvgIpc) is 2.82. The highest BCUT2D eigenvalue weighted by Gasteiger charge is 2.44. The minimum atomic E-state index is -0.646. The molecule has 1 atom stereocenters. The van der Waals surface area contributed by atoms with Gasteiger partial charge in [-0.1, -0.05) is 67.5 Å². The molecule has 2 aromatic rings. The fourth-order valence-corrected chi connectivity index (χ4v) is 5.08. The number of methoxy groups -OCH3 is 2. The van der Waals surface area contributed by atoms with Crippen molar-refractivity contribution < 1.29 is 14.3 Å². The zero-order chi connectivity index (χ0) is 23.8. The van der Waals surface area contributed by atoms with Crippen molar-refractivity contribution in [2.75, 3.05) is 33.9 Å². The number of carbonyl (C=O) groups is 1. The lowest BCUT2D eigenvalue weighted by atomic mass is 9.68.